The number of ketones is 1. The summed E-state index contributed by atoms with van der Waals surface area (Å²) in [7, 11) is 0. The SMILES string of the molecule is CC(=O)CCC(C)CC(=O)O. The Balaban J connectivity index is 3.44. The molecule has 0 aromatic heterocycles. The highest BCUT2D eigenvalue weighted by atomic mass is 16.4. The molecule has 1 N–H and O–H groups in total. The van der Waals surface area contributed by atoms with Gasteiger partial charge in [0.2, 0.25) is 0 Å². The second-order valence-corrected chi connectivity index (χ2v) is 2.94. The second-order valence-electron chi connectivity index (χ2n) is 2.94. The molecule has 0 spiro atoms. The number of carbonyl (C=O) groups is 2. The summed E-state index contributed by atoms with van der Waals surface area (Å²) in [6, 6.07) is 0. The van der Waals surface area contributed by atoms with Crippen molar-refractivity contribution in [3.05, 3.63) is 0 Å². The predicted molar refractivity (Wildman–Crippen MR) is 41.3 cm³/mol. The molecule has 0 fully saturated rings. The van der Waals surface area contributed by atoms with Gasteiger partial charge in [-0.3, -0.25) is 4.79 Å². The molecule has 0 heterocycles. The van der Waals surface area contributed by atoms with Gasteiger partial charge in [-0.1, -0.05) is 6.92 Å². The minimum atomic E-state index is -0.791. The summed E-state index contributed by atoms with van der Waals surface area (Å²) >= 11 is 0. The third-order valence-electron chi connectivity index (χ3n) is 1.51. The van der Waals surface area contributed by atoms with Crippen molar-refractivity contribution in [2.45, 2.75) is 33.1 Å². The van der Waals surface area contributed by atoms with E-state index in [0.717, 1.165) is 0 Å². The van der Waals surface area contributed by atoms with Crippen molar-refractivity contribution < 1.29 is 14.7 Å². The zero-order valence-corrected chi connectivity index (χ0v) is 6.96. The van der Waals surface area contributed by atoms with Crippen LogP contribution in [0.5, 0.6) is 0 Å². The smallest absolute Gasteiger partial charge is 0.303 e. The number of hydrogen-bond donors (Lipinski definition) is 1. The highest BCUT2D eigenvalue weighted by Gasteiger charge is 2.07. The summed E-state index contributed by atoms with van der Waals surface area (Å²) in [4.78, 5) is 20.7. The molecule has 64 valence electrons. The van der Waals surface area contributed by atoms with Gasteiger partial charge in [-0.25, -0.2) is 0 Å². The molecular weight excluding hydrogens is 144 g/mol. The summed E-state index contributed by atoms with van der Waals surface area (Å²) < 4.78 is 0. The van der Waals surface area contributed by atoms with Gasteiger partial charge in [0.05, 0.1) is 0 Å². The number of Topliss-reactive ketones (excluding diaryl/α,β-unsaturated/α-hetero) is 1. The molecule has 0 amide bonds. The largest absolute Gasteiger partial charge is 0.481 e. The van der Waals surface area contributed by atoms with Crippen LogP contribution in [0.1, 0.15) is 33.1 Å². The highest BCUT2D eigenvalue weighted by Crippen LogP contribution is 2.09. The van der Waals surface area contributed by atoms with Crippen LogP contribution >= 0.6 is 0 Å². The van der Waals surface area contributed by atoms with Crippen molar-refractivity contribution in [1.82, 2.24) is 0 Å². The number of carboxylic acid groups (broad SMARTS) is 1. The Kier molecular flexibility index (Phi) is 4.50. The average molecular weight is 158 g/mol. The fourth-order valence-electron chi connectivity index (χ4n) is 0.850. The molecule has 0 aliphatic carbocycles. The molecule has 0 saturated heterocycles. The van der Waals surface area contributed by atoms with Crippen LogP contribution in [0.25, 0.3) is 0 Å². The van der Waals surface area contributed by atoms with Gasteiger partial charge < -0.3 is 9.90 Å². The van der Waals surface area contributed by atoms with Gasteiger partial charge in [0.25, 0.3) is 0 Å². The third-order valence-corrected chi connectivity index (χ3v) is 1.51. The summed E-state index contributed by atoms with van der Waals surface area (Å²) in [6.45, 7) is 3.37. The van der Waals surface area contributed by atoms with Crippen molar-refractivity contribution in [1.29, 1.82) is 0 Å². The van der Waals surface area contributed by atoms with E-state index >= 15 is 0 Å². The van der Waals surface area contributed by atoms with Gasteiger partial charge in [-0.05, 0) is 19.3 Å². The Hall–Kier alpha value is -0.860. The maximum atomic E-state index is 10.5. The van der Waals surface area contributed by atoms with E-state index in [4.69, 9.17) is 5.11 Å². The molecule has 0 aliphatic rings. The molecule has 0 aromatic rings. The van der Waals surface area contributed by atoms with E-state index in [9.17, 15) is 9.59 Å². The fraction of sp³-hybridized carbons (Fsp3) is 0.750. The van der Waals surface area contributed by atoms with Gasteiger partial charge in [-0.2, -0.15) is 0 Å². The number of aliphatic carboxylic acids is 1. The van der Waals surface area contributed by atoms with E-state index in [1.165, 1.54) is 6.92 Å². The molecule has 0 aliphatic heterocycles. The number of rotatable bonds is 5. The topological polar surface area (TPSA) is 54.4 Å². The second kappa shape index (κ2) is 4.88. The highest BCUT2D eigenvalue weighted by molar-refractivity contribution is 5.75. The predicted octanol–water partition coefficient (Wildman–Crippen LogP) is 1.47. The van der Waals surface area contributed by atoms with E-state index < -0.39 is 5.97 Å². The van der Waals surface area contributed by atoms with Crippen LogP contribution in [0.4, 0.5) is 0 Å². The minimum absolute atomic E-state index is 0.108. The molecule has 1 atom stereocenters. The van der Waals surface area contributed by atoms with Crippen molar-refractivity contribution in [3.8, 4) is 0 Å². The Morgan fingerprint density at radius 2 is 2.00 bits per heavy atom. The lowest BCUT2D eigenvalue weighted by Gasteiger charge is -2.05. The van der Waals surface area contributed by atoms with Crippen LogP contribution in [0.2, 0.25) is 0 Å². The fourth-order valence-corrected chi connectivity index (χ4v) is 0.850. The lowest BCUT2D eigenvalue weighted by atomic mass is 10.0. The first-order valence-electron chi connectivity index (χ1n) is 3.73. The Labute approximate surface area is 66.4 Å². The first kappa shape index (κ1) is 10.1. The van der Waals surface area contributed by atoms with Crippen LogP contribution < -0.4 is 0 Å². The van der Waals surface area contributed by atoms with Crippen LogP contribution in [-0.4, -0.2) is 16.9 Å². The maximum Gasteiger partial charge on any atom is 0.303 e. The quantitative estimate of drug-likeness (QED) is 0.659. The minimum Gasteiger partial charge on any atom is -0.481 e. The average Bonchev–Trinajstić information content (AvgIpc) is 1.82. The van der Waals surface area contributed by atoms with E-state index in [1.807, 2.05) is 6.92 Å². The Morgan fingerprint density at radius 3 is 2.36 bits per heavy atom. The van der Waals surface area contributed by atoms with Gasteiger partial charge >= 0.3 is 5.97 Å². The molecule has 0 rings (SSSR count). The van der Waals surface area contributed by atoms with Crippen LogP contribution in [-0.2, 0) is 9.59 Å². The lowest BCUT2D eigenvalue weighted by Crippen LogP contribution is -2.05. The summed E-state index contributed by atoms with van der Waals surface area (Å²) in [5.41, 5.74) is 0. The van der Waals surface area contributed by atoms with Gasteiger partial charge in [-0.15, -0.1) is 0 Å². The molecule has 0 bridgehead atoms. The molecule has 0 radical (unpaired) electrons. The molecule has 1 unspecified atom stereocenters. The monoisotopic (exact) mass is 158 g/mol. The van der Waals surface area contributed by atoms with E-state index in [-0.39, 0.29) is 18.1 Å². The molecule has 0 saturated carbocycles. The number of carbonyl (C=O) groups excluding carboxylic acids is 1. The number of hydrogen-bond acceptors (Lipinski definition) is 2. The molecule has 3 nitrogen and oxygen atoms in total. The summed E-state index contributed by atoms with van der Waals surface area (Å²) in [5, 5.41) is 8.36. The van der Waals surface area contributed by atoms with Crippen LogP contribution in [0.3, 0.4) is 0 Å². The zero-order valence-electron chi connectivity index (χ0n) is 6.96. The normalized spacial score (nSPS) is 12.5. The van der Waals surface area contributed by atoms with Crippen molar-refractivity contribution in [3.63, 3.8) is 0 Å². The zero-order chi connectivity index (χ0) is 8.85. The van der Waals surface area contributed by atoms with Crippen molar-refractivity contribution in [2.24, 2.45) is 5.92 Å². The molecule has 3 heteroatoms. The first-order valence-corrected chi connectivity index (χ1v) is 3.73. The van der Waals surface area contributed by atoms with Gasteiger partial charge in [0, 0.05) is 12.8 Å². The standard InChI is InChI=1S/C8H14O3/c1-6(5-8(10)11)3-4-7(2)9/h6H,3-5H2,1-2H3,(H,10,11). The Bertz CT molecular complexity index is 151. The lowest BCUT2D eigenvalue weighted by molar-refractivity contribution is -0.138. The molecule has 11 heavy (non-hydrogen) atoms. The van der Waals surface area contributed by atoms with E-state index in [1.54, 1.807) is 0 Å². The first-order chi connectivity index (χ1) is 5.02. The molecule has 0 aromatic carbocycles. The van der Waals surface area contributed by atoms with E-state index in [0.29, 0.717) is 12.8 Å². The third kappa shape index (κ3) is 7.03. The number of carboxylic acids is 1. The van der Waals surface area contributed by atoms with E-state index in [2.05, 4.69) is 0 Å². The van der Waals surface area contributed by atoms with Crippen LogP contribution in [0, 0.1) is 5.92 Å². The van der Waals surface area contributed by atoms with Gasteiger partial charge in [0.15, 0.2) is 0 Å². The Morgan fingerprint density at radius 1 is 1.45 bits per heavy atom. The van der Waals surface area contributed by atoms with Gasteiger partial charge in [0.1, 0.15) is 5.78 Å². The summed E-state index contributed by atoms with van der Waals surface area (Å²) in [5.74, 6) is -0.556. The van der Waals surface area contributed by atoms with Crippen LogP contribution in [0.15, 0.2) is 0 Å². The van der Waals surface area contributed by atoms with Crippen molar-refractivity contribution >= 4 is 11.8 Å². The maximum absolute atomic E-state index is 10.5. The van der Waals surface area contributed by atoms with Crippen molar-refractivity contribution in [2.75, 3.05) is 0 Å². The molecular formula is C8H14O3. The summed E-state index contributed by atoms with van der Waals surface area (Å²) in [6.07, 6.45) is 1.34.